The van der Waals surface area contributed by atoms with Gasteiger partial charge in [0.05, 0.1) is 27.1 Å². The lowest BCUT2D eigenvalue weighted by molar-refractivity contribution is -0.385. The first-order chi connectivity index (χ1) is 9.40. The number of nitro groups is 1. The molecule has 2 rings (SSSR count). The van der Waals surface area contributed by atoms with Gasteiger partial charge in [-0.25, -0.2) is 4.39 Å². The summed E-state index contributed by atoms with van der Waals surface area (Å²) in [4.78, 5) is 23.0. The van der Waals surface area contributed by atoms with Crippen molar-refractivity contribution in [3.63, 3.8) is 0 Å². The molecule has 1 aliphatic heterocycles. The number of carbonyl (C=O) groups excluding carboxylic acids is 1. The summed E-state index contributed by atoms with van der Waals surface area (Å²) < 4.78 is 14.4. The summed E-state index contributed by atoms with van der Waals surface area (Å²) in [5.74, 6) is -1.42. The van der Waals surface area contributed by atoms with E-state index < -0.39 is 16.6 Å². The Bertz CT molecular complexity index is 544. The molecule has 20 heavy (non-hydrogen) atoms. The van der Waals surface area contributed by atoms with Crippen LogP contribution in [-0.2, 0) is 4.79 Å². The van der Waals surface area contributed by atoms with Crippen LogP contribution in [0.15, 0.2) is 16.6 Å². The first-order valence-electron chi connectivity index (χ1n) is 6.08. The highest BCUT2D eigenvalue weighted by Gasteiger charge is 2.28. The van der Waals surface area contributed by atoms with Gasteiger partial charge >= 0.3 is 0 Å². The largest absolute Gasteiger partial charge is 0.369 e. The number of amides is 1. The fourth-order valence-corrected chi connectivity index (χ4v) is 3.05. The van der Waals surface area contributed by atoms with Crippen molar-refractivity contribution in [1.82, 2.24) is 0 Å². The number of anilines is 1. The third kappa shape index (κ3) is 2.90. The molecule has 1 atom stereocenters. The normalized spacial score (nSPS) is 18.9. The zero-order chi connectivity index (χ0) is 14.9. The Kier molecular flexibility index (Phi) is 4.22. The van der Waals surface area contributed by atoms with E-state index in [1.807, 2.05) is 0 Å². The summed E-state index contributed by atoms with van der Waals surface area (Å²) in [6.45, 7) is 0.903. The standard InChI is InChI=1S/C12H13BrFN3O3/c13-9-4-8(17(19)20)5-10(14)11(9)16-3-1-2-7(6-16)12(15)18/h4-5,7H,1-3,6H2,(H2,15,18)/t7-/m1/s1. The van der Waals surface area contributed by atoms with Gasteiger partial charge < -0.3 is 10.6 Å². The molecule has 0 saturated carbocycles. The molecule has 0 unspecified atom stereocenters. The van der Waals surface area contributed by atoms with Crippen molar-refractivity contribution < 1.29 is 14.1 Å². The number of hydrogen-bond acceptors (Lipinski definition) is 4. The summed E-state index contributed by atoms with van der Waals surface area (Å²) in [5, 5.41) is 10.7. The molecular formula is C12H13BrFN3O3. The topological polar surface area (TPSA) is 89.5 Å². The van der Waals surface area contributed by atoms with Crippen molar-refractivity contribution in [2.24, 2.45) is 11.7 Å². The molecule has 1 aliphatic rings. The van der Waals surface area contributed by atoms with Crippen LogP contribution >= 0.6 is 15.9 Å². The molecule has 0 bridgehead atoms. The second kappa shape index (κ2) is 5.74. The van der Waals surface area contributed by atoms with Crippen LogP contribution in [0.5, 0.6) is 0 Å². The minimum absolute atomic E-state index is 0.238. The quantitative estimate of drug-likeness (QED) is 0.671. The number of carbonyl (C=O) groups is 1. The predicted octanol–water partition coefficient (Wildman–Crippen LogP) is 2.20. The fraction of sp³-hybridized carbons (Fsp3) is 0.417. The van der Waals surface area contributed by atoms with E-state index in [9.17, 15) is 19.3 Å². The number of rotatable bonds is 3. The third-order valence-corrected chi connectivity index (χ3v) is 3.96. The predicted molar refractivity (Wildman–Crippen MR) is 74.9 cm³/mol. The number of nitrogens with zero attached hydrogens (tertiary/aromatic N) is 2. The van der Waals surface area contributed by atoms with Gasteiger partial charge in [-0.05, 0) is 28.8 Å². The van der Waals surface area contributed by atoms with E-state index in [0.29, 0.717) is 24.0 Å². The molecule has 1 amide bonds. The van der Waals surface area contributed by atoms with Crippen molar-refractivity contribution in [1.29, 1.82) is 0 Å². The van der Waals surface area contributed by atoms with Crippen molar-refractivity contribution >= 4 is 33.2 Å². The van der Waals surface area contributed by atoms with E-state index >= 15 is 0 Å². The maximum Gasteiger partial charge on any atom is 0.273 e. The molecule has 0 spiro atoms. The molecule has 1 aromatic carbocycles. The lowest BCUT2D eigenvalue weighted by Crippen LogP contribution is -2.41. The van der Waals surface area contributed by atoms with Gasteiger partial charge in [0, 0.05) is 19.2 Å². The molecule has 0 radical (unpaired) electrons. The molecule has 1 fully saturated rings. The van der Waals surface area contributed by atoms with E-state index in [-0.39, 0.29) is 17.3 Å². The molecule has 108 valence electrons. The number of benzene rings is 1. The Morgan fingerprint density at radius 2 is 2.25 bits per heavy atom. The SMILES string of the molecule is NC(=O)[C@@H]1CCCN(c2c(F)cc([N+](=O)[O-])cc2Br)C1. The van der Waals surface area contributed by atoms with Crippen LogP contribution < -0.4 is 10.6 Å². The van der Waals surface area contributed by atoms with Crippen LogP contribution in [0.1, 0.15) is 12.8 Å². The molecule has 1 saturated heterocycles. The number of piperidine rings is 1. The van der Waals surface area contributed by atoms with Crippen LogP contribution in [0.3, 0.4) is 0 Å². The average Bonchev–Trinajstić information content (AvgIpc) is 2.38. The van der Waals surface area contributed by atoms with Gasteiger partial charge in [0.15, 0.2) is 5.82 Å². The molecule has 8 heteroatoms. The van der Waals surface area contributed by atoms with Crippen LogP contribution in [0, 0.1) is 21.8 Å². The van der Waals surface area contributed by atoms with Crippen LogP contribution in [0.4, 0.5) is 15.8 Å². The maximum atomic E-state index is 14.1. The lowest BCUT2D eigenvalue weighted by Gasteiger charge is -2.33. The van der Waals surface area contributed by atoms with Crippen LogP contribution in [0.25, 0.3) is 0 Å². The number of primary amides is 1. The Morgan fingerprint density at radius 1 is 1.55 bits per heavy atom. The molecule has 1 heterocycles. The van der Waals surface area contributed by atoms with Crippen molar-refractivity contribution in [2.75, 3.05) is 18.0 Å². The highest BCUT2D eigenvalue weighted by Crippen LogP contribution is 2.35. The summed E-state index contributed by atoms with van der Waals surface area (Å²) in [5.41, 5.74) is 5.21. The summed E-state index contributed by atoms with van der Waals surface area (Å²) in [6.07, 6.45) is 1.40. The number of nitro benzene ring substituents is 1. The number of non-ortho nitro benzene ring substituents is 1. The molecule has 1 aromatic rings. The highest BCUT2D eigenvalue weighted by atomic mass is 79.9. The average molecular weight is 346 g/mol. The third-order valence-electron chi connectivity index (χ3n) is 3.35. The van der Waals surface area contributed by atoms with E-state index in [2.05, 4.69) is 15.9 Å². The molecule has 2 N–H and O–H groups in total. The van der Waals surface area contributed by atoms with Crippen LogP contribution in [-0.4, -0.2) is 23.9 Å². The minimum Gasteiger partial charge on any atom is -0.369 e. The van der Waals surface area contributed by atoms with Gasteiger partial charge in [0.2, 0.25) is 5.91 Å². The highest BCUT2D eigenvalue weighted by molar-refractivity contribution is 9.10. The lowest BCUT2D eigenvalue weighted by atomic mass is 9.97. The van der Waals surface area contributed by atoms with E-state index in [4.69, 9.17) is 5.73 Å². The van der Waals surface area contributed by atoms with Crippen molar-refractivity contribution in [3.8, 4) is 0 Å². The second-order valence-electron chi connectivity index (χ2n) is 4.70. The fourth-order valence-electron chi connectivity index (χ4n) is 2.37. The number of halogens is 2. The first kappa shape index (κ1) is 14.7. The first-order valence-corrected chi connectivity index (χ1v) is 6.87. The monoisotopic (exact) mass is 345 g/mol. The molecule has 6 nitrogen and oxygen atoms in total. The molecule has 0 aliphatic carbocycles. The zero-order valence-electron chi connectivity index (χ0n) is 10.5. The summed E-state index contributed by atoms with van der Waals surface area (Å²) in [7, 11) is 0. The smallest absolute Gasteiger partial charge is 0.273 e. The van der Waals surface area contributed by atoms with Gasteiger partial charge in [-0.1, -0.05) is 0 Å². The van der Waals surface area contributed by atoms with Gasteiger partial charge in [-0.15, -0.1) is 0 Å². The van der Waals surface area contributed by atoms with Crippen molar-refractivity contribution in [2.45, 2.75) is 12.8 Å². The number of hydrogen-bond donors (Lipinski definition) is 1. The molecular weight excluding hydrogens is 333 g/mol. The van der Waals surface area contributed by atoms with Gasteiger partial charge in [0.25, 0.3) is 5.69 Å². The minimum atomic E-state index is -0.684. The Morgan fingerprint density at radius 3 is 2.80 bits per heavy atom. The number of nitrogens with two attached hydrogens (primary N) is 1. The van der Waals surface area contributed by atoms with Crippen molar-refractivity contribution in [3.05, 3.63) is 32.5 Å². The second-order valence-corrected chi connectivity index (χ2v) is 5.56. The Labute approximate surface area is 123 Å². The zero-order valence-corrected chi connectivity index (χ0v) is 12.1. The van der Waals surface area contributed by atoms with E-state index in [0.717, 1.165) is 12.5 Å². The molecule has 0 aromatic heterocycles. The summed E-state index contributed by atoms with van der Waals surface area (Å²) in [6, 6.07) is 2.14. The van der Waals surface area contributed by atoms with E-state index in [1.165, 1.54) is 6.07 Å². The van der Waals surface area contributed by atoms with Gasteiger partial charge in [0.1, 0.15) is 0 Å². The van der Waals surface area contributed by atoms with Crippen LogP contribution in [0.2, 0.25) is 0 Å². The van der Waals surface area contributed by atoms with Gasteiger partial charge in [-0.3, -0.25) is 14.9 Å². The van der Waals surface area contributed by atoms with Gasteiger partial charge in [-0.2, -0.15) is 0 Å². The van der Waals surface area contributed by atoms with E-state index in [1.54, 1.807) is 4.90 Å². The Hall–Kier alpha value is -1.70. The summed E-state index contributed by atoms with van der Waals surface area (Å²) >= 11 is 3.16. The maximum absolute atomic E-state index is 14.1. The Balaban J connectivity index is 2.33.